The molecule has 1 amide bonds. The van der Waals surface area contributed by atoms with Crippen molar-refractivity contribution >= 4 is 11.5 Å². The standard InChI is InChI=1S/C28H33N5O3/c1-19(2)27-30-25(18-32(27)5)22-9-7-21(8-10-22)17-33(13-6-14-34)31-28(35)23-11-12-26(36-20(3)4)24(15-23)16-29/h7-12,15,18,20,34H,1,6,13-14,17H2,2-5H3,(H,31,35). The molecule has 8 heteroatoms. The smallest absolute Gasteiger partial charge is 0.265 e. The number of carbonyl (C=O) groups excluding carboxylic acids is 1. The van der Waals surface area contributed by atoms with Gasteiger partial charge in [-0.2, -0.15) is 5.26 Å². The Hall–Kier alpha value is -3.93. The molecule has 0 aliphatic rings. The Kier molecular flexibility index (Phi) is 9.01. The zero-order valence-corrected chi connectivity index (χ0v) is 21.3. The van der Waals surface area contributed by atoms with Crippen LogP contribution in [0.5, 0.6) is 5.75 Å². The highest BCUT2D eigenvalue weighted by Gasteiger charge is 2.15. The Morgan fingerprint density at radius 1 is 1.28 bits per heavy atom. The topological polar surface area (TPSA) is 103 Å². The molecule has 0 fully saturated rings. The number of nitriles is 1. The lowest BCUT2D eigenvalue weighted by Crippen LogP contribution is -2.42. The van der Waals surface area contributed by atoms with Gasteiger partial charge in [0.1, 0.15) is 17.6 Å². The number of hydrogen-bond acceptors (Lipinski definition) is 6. The average molecular weight is 488 g/mol. The third kappa shape index (κ3) is 6.81. The number of allylic oxidation sites excluding steroid dienone is 1. The molecule has 0 radical (unpaired) electrons. The van der Waals surface area contributed by atoms with Gasteiger partial charge in [-0.05, 0) is 56.5 Å². The van der Waals surface area contributed by atoms with Gasteiger partial charge in [-0.25, -0.2) is 9.99 Å². The number of aliphatic hydroxyl groups is 1. The van der Waals surface area contributed by atoms with Crippen molar-refractivity contribution in [3.63, 3.8) is 0 Å². The van der Waals surface area contributed by atoms with E-state index in [1.807, 2.05) is 62.8 Å². The van der Waals surface area contributed by atoms with E-state index in [1.54, 1.807) is 17.1 Å². The summed E-state index contributed by atoms with van der Waals surface area (Å²) in [7, 11) is 1.95. The summed E-state index contributed by atoms with van der Waals surface area (Å²) in [5.74, 6) is 0.956. The number of hydrogen-bond donors (Lipinski definition) is 2. The fraction of sp³-hybridized carbons (Fsp3) is 0.321. The molecular weight excluding hydrogens is 454 g/mol. The number of aromatic nitrogens is 2. The van der Waals surface area contributed by atoms with Gasteiger partial charge in [-0.3, -0.25) is 10.2 Å². The van der Waals surface area contributed by atoms with E-state index in [9.17, 15) is 15.2 Å². The number of imidazole rings is 1. The molecule has 36 heavy (non-hydrogen) atoms. The van der Waals surface area contributed by atoms with Gasteiger partial charge in [0, 0.05) is 44.1 Å². The number of aryl methyl sites for hydroxylation is 1. The Morgan fingerprint density at radius 2 is 2.00 bits per heavy atom. The normalized spacial score (nSPS) is 10.9. The van der Waals surface area contributed by atoms with Crippen LogP contribution in [0, 0.1) is 11.3 Å². The summed E-state index contributed by atoms with van der Waals surface area (Å²) in [5.41, 5.74) is 7.31. The van der Waals surface area contributed by atoms with Crippen LogP contribution in [0.25, 0.3) is 16.8 Å². The lowest BCUT2D eigenvalue weighted by atomic mass is 10.1. The SMILES string of the molecule is C=C(C)c1nc(-c2ccc(CN(CCCO)NC(=O)c3ccc(OC(C)C)c(C#N)c3)cc2)cn1C. The summed E-state index contributed by atoms with van der Waals surface area (Å²) in [5, 5.41) is 20.6. The van der Waals surface area contributed by atoms with Crippen LogP contribution >= 0.6 is 0 Å². The number of hydrazine groups is 1. The van der Waals surface area contributed by atoms with Crippen molar-refractivity contribution < 1.29 is 14.6 Å². The fourth-order valence-corrected chi connectivity index (χ4v) is 3.76. The second-order valence-corrected chi connectivity index (χ2v) is 8.97. The highest BCUT2D eigenvalue weighted by atomic mass is 16.5. The molecule has 188 valence electrons. The van der Waals surface area contributed by atoms with E-state index in [1.165, 1.54) is 6.07 Å². The first kappa shape index (κ1) is 26.7. The Balaban J connectivity index is 1.73. The Morgan fingerprint density at radius 3 is 2.58 bits per heavy atom. The zero-order chi connectivity index (χ0) is 26.2. The van der Waals surface area contributed by atoms with Gasteiger partial charge in [-0.1, -0.05) is 30.8 Å². The van der Waals surface area contributed by atoms with Gasteiger partial charge >= 0.3 is 0 Å². The maximum absolute atomic E-state index is 13.0. The third-order valence-electron chi connectivity index (χ3n) is 5.45. The summed E-state index contributed by atoms with van der Waals surface area (Å²) in [6, 6.07) is 14.9. The van der Waals surface area contributed by atoms with Gasteiger partial charge in [0.25, 0.3) is 5.91 Å². The van der Waals surface area contributed by atoms with Gasteiger partial charge in [-0.15, -0.1) is 0 Å². The molecular formula is C28H33N5O3. The molecule has 0 unspecified atom stereocenters. The molecule has 0 saturated heterocycles. The van der Waals surface area contributed by atoms with E-state index in [0.29, 0.717) is 36.4 Å². The van der Waals surface area contributed by atoms with E-state index in [2.05, 4.69) is 23.1 Å². The first-order valence-corrected chi connectivity index (χ1v) is 11.9. The van der Waals surface area contributed by atoms with Crippen LogP contribution in [-0.4, -0.2) is 44.8 Å². The van der Waals surface area contributed by atoms with Crippen LogP contribution < -0.4 is 10.2 Å². The Bertz CT molecular complexity index is 1260. The maximum Gasteiger partial charge on any atom is 0.265 e. The molecule has 1 heterocycles. The minimum absolute atomic E-state index is 0.00978. The molecule has 2 N–H and O–H groups in total. The molecule has 0 aliphatic carbocycles. The fourth-order valence-electron chi connectivity index (χ4n) is 3.76. The molecule has 0 aliphatic heterocycles. The minimum atomic E-state index is -0.335. The van der Waals surface area contributed by atoms with Crippen LogP contribution in [0.3, 0.4) is 0 Å². The number of carbonyl (C=O) groups is 1. The summed E-state index contributed by atoms with van der Waals surface area (Å²) < 4.78 is 7.60. The number of nitrogens with one attached hydrogen (secondary N) is 1. The lowest BCUT2D eigenvalue weighted by molar-refractivity contribution is 0.0758. The lowest BCUT2D eigenvalue weighted by Gasteiger charge is -2.23. The number of aliphatic hydroxyl groups excluding tert-OH is 1. The highest BCUT2D eigenvalue weighted by molar-refractivity contribution is 5.94. The molecule has 0 saturated carbocycles. The summed E-state index contributed by atoms with van der Waals surface area (Å²) in [6.45, 7) is 10.6. The van der Waals surface area contributed by atoms with Crippen LogP contribution in [0.4, 0.5) is 0 Å². The predicted octanol–water partition coefficient (Wildman–Crippen LogP) is 4.31. The maximum atomic E-state index is 13.0. The molecule has 3 rings (SSSR count). The number of benzene rings is 2. The van der Waals surface area contributed by atoms with Gasteiger partial charge in [0.15, 0.2) is 0 Å². The monoisotopic (exact) mass is 487 g/mol. The molecule has 2 aromatic carbocycles. The first-order chi connectivity index (χ1) is 17.2. The zero-order valence-electron chi connectivity index (χ0n) is 21.3. The highest BCUT2D eigenvalue weighted by Crippen LogP contribution is 2.23. The summed E-state index contributed by atoms with van der Waals surface area (Å²) >= 11 is 0. The largest absolute Gasteiger partial charge is 0.490 e. The van der Waals surface area contributed by atoms with Crippen LogP contribution in [0.2, 0.25) is 0 Å². The van der Waals surface area contributed by atoms with Crippen molar-refractivity contribution in [3.05, 3.63) is 77.8 Å². The number of amides is 1. The second-order valence-electron chi connectivity index (χ2n) is 8.97. The molecule has 0 spiro atoms. The van der Waals surface area contributed by atoms with Crippen molar-refractivity contribution in [2.75, 3.05) is 13.2 Å². The van der Waals surface area contributed by atoms with E-state index in [-0.39, 0.29) is 18.6 Å². The number of rotatable bonds is 11. The quantitative estimate of drug-likeness (QED) is 0.391. The van der Waals surface area contributed by atoms with Crippen LogP contribution in [0.1, 0.15) is 54.5 Å². The third-order valence-corrected chi connectivity index (χ3v) is 5.45. The molecule has 1 aromatic heterocycles. The van der Waals surface area contributed by atoms with E-state index < -0.39 is 0 Å². The number of ether oxygens (including phenoxy) is 1. The van der Waals surface area contributed by atoms with Crippen molar-refractivity contribution in [3.8, 4) is 23.1 Å². The second kappa shape index (κ2) is 12.2. The Labute approximate surface area is 212 Å². The van der Waals surface area contributed by atoms with Crippen LogP contribution in [0.15, 0.2) is 55.2 Å². The molecule has 3 aromatic rings. The van der Waals surface area contributed by atoms with E-state index in [4.69, 9.17) is 4.74 Å². The summed E-state index contributed by atoms with van der Waals surface area (Å²) in [4.78, 5) is 17.6. The summed E-state index contributed by atoms with van der Waals surface area (Å²) in [6.07, 6.45) is 2.39. The van der Waals surface area contributed by atoms with Gasteiger partial charge in [0.2, 0.25) is 0 Å². The first-order valence-electron chi connectivity index (χ1n) is 11.9. The van der Waals surface area contributed by atoms with E-state index in [0.717, 1.165) is 28.2 Å². The minimum Gasteiger partial charge on any atom is -0.490 e. The van der Waals surface area contributed by atoms with Gasteiger partial charge in [0.05, 0.1) is 17.4 Å². The van der Waals surface area contributed by atoms with Crippen LogP contribution in [-0.2, 0) is 13.6 Å². The van der Waals surface area contributed by atoms with E-state index >= 15 is 0 Å². The van der Waals surface area contributed by atoms with Crippen molar-refractivity contribution in [2.24, 2.45) is 7.05 Å². The van der Waals surface area contributed by atoms with Crippen molar-refractivity contribution in [1.82, 2.24) is 20.0 Å². The predicted molar refractivity (Wildman–Crippen MR) is 140 cm³/mol. The number of nitrogens with zero attached hydrogens (tertiary/aromatic N) is 4. The molecule has 8 nitrogen and oxygen atoms in total. The van der Waals surface area contributed by atoms with Crippen molar-refractivity contribution in [1.29, 1.82) is 5.26 Å². The molecule has 0 atom stereocenters. The molecule has 0 bridgehead atoms. The average Bonchev–Trinajstić information content (AvgIpc) is 3.24. The van der Waals surface area contributed by atoms with Crippen molar-refractivity contribution in [2.45, 2.75) is 39.8 Å². The van der Waals surface area contributed by atoms with Gasteiger partial charge < -0.3 is 14.4 Å².